The van der Waals surface area contributed by atoms with E-state index in [0.717, 1.165) is 11.3 Å². The van der Waals surface area contributed by atoms with Gasteiger partial charge < -0.3 is 19.5 Å². The Kier molecular flexibility index (Phi) is 5.92. The van der Waals surface area contributed by atoms with Gasteiger partial charge in [0, 0.05) is 20.2 Å². The highest BCUT2D eigenvalue weighted by atomic mass is 32.1. The third-order valence-corrected chi connectivity index (χ3v) is 4.51. The highest BCUT2D eigenvalue weighted by Gasteiger charge is 2.27. The van der Waals surface area contributed by atoms with E-state index in [4.69, 9.17) is 4.74 Å². The van der Waals surface area contributed by atoms with E-state index in [0.29, 0.717) is 16.1 Å². The van der Waals surface area contributed by atoms with E-state index < -0.39 is 5.97 Å². The number of nitrogens with zero attached hydrogens (tertiary/aromatic N) is 2. The van der Waals surface area contributed by atoms with Crippen LogP contribution in [-0.4, -0.2) is 48.5 Å². The molecule has 2 amide bonds. The number of carbonyl (C=O) groups is 3. The molecular formula is C16H19N3O5S. The van der Waals surface area contributed by atoms with Crippen molar-refractivity contribution >= 4 is 34.1 Å². The number of esters is 1. The van der Waals surface area contributed by atoms with Crippen molar-refractivity contribution in [3.8, 4) is 0 Å². The molecule has 0 bridgehead atoms. The van der Waals surface area contributed by atoms with Crippen LogP contribution in [0.5, 0.6) is 0 Å². The van der Waals surface area contributed by atoms with Gasteiger partial charge in [-0.25, -0.2) is 4.79 Å². The van der Waals surface area contributed by atoms with Gasteiger partial charge in [-0.15, -0.1) is 11.3 Å². The van der Waals surface area contributed by atoms with E-state index >= 15 is 0 Å². The number of hydrogen-bond acceptors (Lipinski definition) is 7. The smallest absolute Gasteiger partial charge is 0.341 e. The molecule has 0 saturated carbocycles. The van der Waals surface area contributed by atoms with Crippen LogP contribution in [0.4, 0.5) is 5.00 Å². The van der Waals surface area contributed by atoms with Crippen molar-refractivity contribution in [2.45, 2.75) is 20.3 Å². The number of nitrogens with one attached hydrogen (secondary N) is 1. The van der Waals surface area contributed by atoms with Crippen molar-refractivity contribution in [2.24, 2.45) is 0 Å². The summed E-state index contributed by atoms with van der Waals surface area (Å²) >= 11 is 1.05. The summed E-state index contributed by atoms with van der Waals surface area (Å²) in [5.74, 6) is -1.19. The van der Waals surface area contributed by atoms with Crippen LogP contribution in [0, 0.1) is 6.92 Å². The number of carbonyl (C=O) groups excluding carboxylic acids is 3. The van der Waals surface area contributed by atoms with E-state index in [9.17, 15) is 14.4 Å². The molecule has 0 aliphatic carbocycles. The van der Waals surface area contributed by atoms with Crippen LogP contribution in [0.3, 0.4) is 0 Å². The fourth-order valence-electron chi connectivity index (χ4n) is 2.12. The maximum atomic E-state index is 12.3. The normalized spacial score (nSPS) is 10.4. The zero-order valence-corrected chi connectivity index (χ0v) is 15.2. The van der Waals surface area contributed by atoms with Gasteiger partial charge in [-0.2, -0.15) is 0 Å². The van der Waals surface area contributed by atoms with Crippen LogP contribution in [-0.2, 0) is 16.0 Å². The summed E-state index contributed by atoms with van der Waals surface area (Å²) < 4.78 is 9.74. The first-order valence-corrected chi connectivity index (χ1v) is 8.38. The molecule has 0 aromatic carbocycles. The molecule has 1 N–H and O–H groups in total. The molecule has 0 spiro atoms. The Morgan fingerprint density at radius 1 is 1.36 bits per heavy atom. The first-order valence-electron chi connectivity index (χ1n) is 7.56. The molecule has 0 atom stereocenters. The maximum absolute atomic E-state index is 12.3. The molecule has 134 valence electrons. The predicted molar refractivity (Wildman–Crippen MR) is 91.9 cm³/mol. The zero-order chi connectivity index (χ0) is 18.6. The van der Waals surface area contributed by atoms with Crippen molar-refractivity contribution in [3.05, 3.63) is 34.0 Å². The molecule has 2 aromatic rings. The molecule has 0 fully saturated rings. The average molecular weight is 365 g/mol. The van der Waals surface area contributed by atoms with Gasteiger partial charge in [0.25, 0.3) is 5.91 Å². The van der Waals surface area contributed by atoms with Gasteiger partial charge in [-0.1, -0.05) is 5.16 Å². The summed E-state index contributed by atoms with van der Waals surface area (Å²) in [6.45, 7) is 3.54. The van der Waals surface area contributed by atoms with Gasteiger partial charge in [0.2, 0.25) is 5.91 Å². The lowest BCUT2D eigenvalue weighted by atomic mass is 10.1. The second kappa shape index (κ2) is 7.93. The van der Waals surface area contributed by atoms with E-state index in [-0.39, 0.29) is 35.4 Å². The maximum Gasteiger partial charge on any atom is 0.341 e. The minimum Gasteiger partial charge on any atom is -0.462 e. The minimum atomic E-state index is -0.578. The average Bonchev–Trinajstić information content (AvgIpc) is 3.14. The quantitative estimate of drug-likeness (QED) is 0.787. The number of aromatic nitrogens is 1. The Balaban J connectivity index is 2.33. The molecule has 2 rings (SSSR count). The van der Waals surface area contributed by atoms with E-state index in [1.54, 1.807) is 34.0 Å². The lowest BCUT2D eigenvalue weighted by Gasteiger charge is -2.09. The standard InChI is InChI=1S/C16H19N3O5S/c1-5-23-16(22)12-9(2)13(15(21)19(3)4)25-14(12)17-11(20)8-10-6-7-24-18-10/h6-7H,5,8H2,1-4H3,(H,17,20). The molecule has 0 aliphatic rings. The van der Waals surface area contributed by atoms with Crippen molar-refractivity contribution in [3.63, 3.8) is 0 Å². The molecule has 2 aromatic heterocycles. The summed E-state index contributed by atoms with van der Waals surface area (Å²) in [5, 5.41) is 6.63. The first-order chi connectivity index (χ1) is 11.8. The van der Waals surface area contributed by atoms with Crippen LogP contribution in [0.2, 0.25) is 0 Å². The van der Waals surface area contributed by atoms with Crippen LogP contribution >= 0.6 is 11.3 Å². The number of ether oxygens (including phenoxy) is 1. The van der Waals surface area contributed by atoms with Gasteiger partial charge in [-0.3, -0.25) is 9.59 Å². The summed E-state index contributed by atoms with van der Waals surface area (Å²) in [5.41, 5.74) is 1.15. The van der Waals surface area contributed by atoms with E-state index in [2.05, 4.69) is 15.0 Å². The highest BCUT2D eigenvalue weighted by Crippen LogP contribution is 2.34. The predicted octanol–water partition coefficient (Wildman–Crippen LogP) is 2.10. The van der Waals surface area contributed by atoms with Crippen molar-refractivity contribution in [1.82, 2.24) is 10.1 Å². The molecule has 9 heteroatoms. The fraction of sp³-hybridized carbons (Fsp3) is 0.375. The highest BCUT2D eigenvalue weighted by molar-refractivity contribution is 7.18. The largest absolute Gasteiger partial charge is 0.462 e. The molecule has 0 unspecified atom stereocenters. The molecule has 8 nitrogen and oxygen atoms in total. The Morgan fingerprint density at radius 2 is 2.08 bits per heavy atom. The van der Waals surface area contributed by atoms with Crippen molar-refractivity contribution < 1.29 is 23.6 Å². The lowest BCUT2D eigenvalue weighted by Crippen LogP contribution is -2.21. The van der Waals surface area contributed by atoms with Crippen molar-refractivity contribution in [2.75, 3.05) is 26.0 Å². The summed E-state index contributed by atoms with van der Waals surface area (Å²) in [7, 11) is 3.24. The Morgan fingerprint density at radius 3 is 2.64 bits per heavy atom. The Hall–Kier alpha value is -2.68. The molecule has 25 heavy (non-hydrogen) atoms. The van der Waals surface area contributed by atoms with Gasteiger partial charge in [-0.05, 0) is 19.4 Å². The summed E-state index contributed by atoms with van der Waals surface area (Å²) in [4.78, 5) is 38.6. The Labute approximate surface area is 148 Å². The van der Waals surface area contributed by atoms with Crippen LogP contribution in [0.1, 0.15) is 38.2 Å². The number of rotatable bonds is 6. The molecule has 0 saturated heterocycles. The zero-order valence-electron chi connectivity index (χ0n) is 14.4. The third kappa shape index (κ3) is 4.24. The van der Waals surface area contributed by atoms with E-state index in [1.165, 1.54) is 11.2 Å². The lowest BCUT2D eigenvalue weighted by molar-refractivity contribution is -0.115. The van der Waals surface area contributed by atoms with E-state index in [1.807, 2.05) is 0 Å². The van der Waals surface area contributed by atoms with Crippen LogP contribution < -0.4 is 5.32 Å². The fourth-order valence-corrected chi connectivity index (χ4v) is 3.35. The second-order valence-corrected chi connectivity index (χ2v) is 6.42. The molecule has 2 heterocycles. The number of amides is 2. The first kappa shape index (κ1) is 18.7. The van der Waals surface area contributed by atoms with Crippen molar-refractivity contribution in [1.29, 1.82) is 0 Å². The SMILES string of the molecule is CCOC(=O)c1c(NC(=O)Cc2ccon2)sc(C(=O)N(C)C)c1C. The van der Waals surface area contributed by atoms with Gasteiger partial charge >= 0.3 is 5.97 Å². The second-order valence-electron chi connectivity index (χ2n) is 5.40. The third-order valence-electron chi connectivity index (χ3n) is 3.31. The summed E-state index contributed by atoms with van der Waals surface area (Å²) in [6, 6.07) is 1.58. The van der Waals surface area contributed by atoms with Gasteiger partial charge in [0.05, 0.1) is 29.2 Å². The number of anilines is 1. The monoisotopic (exact) mass is 365 g/mol. The molecule has 0 aliphatic heterocycles. The van der Waals surface area contributed by atoms with Crippen LogP contribution in [0.15, 0.2) is 16.9 Å². The van der Waals surface area contributed by atoms with Gasteiger partial charge in [0.1, 0.15) is 11.3 Å². The summed E-state index contributed by atoms with van der Waals surface area (Å²) in [6.07, 6.45) is 1.36. The van der Waals surface area contributed by atoms with Gasteiger partial charge in [0.15, 0.2) is 0 Å². The van der Waals surface area contributed by atoms with Crippen LogP contribution in [0.25, 0.3) is 0 Å². The topological polar surface area (TPSA) is 102 Å². The molecule has 0 radical (unpaired) electrons. The minimum absolute atomic E-state index is 0.00727. The number of thiophene rings is 1. The number of hydrogen-bond donors (Lipinski definition) is 1. The Bertz CT molecular complexity index is 780. The molecular weight excluding hydrogens is 346 g/mol.